The van der Waals surface area contributed by atoms with E-state index in [2.05, 4.69) is 0 Å². The molecule has 0 N–H and O–H groups in total. The molecular formula is C27H27FO4S. The maximum Gasteiger partial charge on any atom is 0.166 e. The standard InChI is InChI=1S/C27H27FO4S/c1-18(27-17-33(27)29)25-12-11-23(14-26(25)28)31-16-20-7-9-21(10-8-20)32-24-4-2-3-22(13-24)30-15-19-5-6-19/h2-4,7-14,18-19,27H,5-6,15-17H2,1H3/t18?,27-,33?/m0/s1. The Morgan fingerprint density at radius 1 is 0.939 bits per heavy atom. The second-order valence-electron chi connectivity index (χ2n) is 8.82. The van der Waals surface area contributed by atoms with E-state index < -0.39 is 11.2 Å². The normalized spacial score (nSPS) is 20.2. The van der Waals surface area contributed by atoms with Crippen LogP contribution >= 0.6 is 0 Å². The summed E-state index contributed by atoms with van der Waals surface area (Å²) < 4.78 is 43.5. The lowest BCUT2D eigenvalue weighted by atomic mass is 9.98. The van der Waals surface area contributed by atoms with Gasteiger partial charge in [0.05, 0.1) is 6.61 Å². The first-order valence-corrected chi connectivity index (χ1v) is 12.7. The lowest BCUT2D eigenvalue weighted by Crippen LogP contribution is -2.06. The molecule has 0 aromatic heterocycles. The fourth-order valence-corrected chi connectivity index (χ4v) is 5.05. The molecule has 33 heavy (non-hydrogen) atoms. The van der Waals surface area contributed by atoms with Crippen LogP contribution in [0.4, 0.5) is 4.39 Å². The summed E-state index contributed by atoms with van der Waals surface area (Å²) >= 11 is -0.803. The molecular weight excluding hydrogens is 439 g/mol. The highest BCUT2D eigenvalue weighted by atomic mass is 32.2. The Labute approximate surface area is 196 Å². The van der Waals surface area contributed by atoms with Crippen molar-refractivity contribution in [3.8, 4) is 23.0 Å². The van der Waals surface area contributed by atoms with Crippen LogP contribution in [0.2, 0.25) is 0 Å². The molecule has 172 valence electrons. The Morgan fingerprint density at radius 2 is 1.64 bits per heavy atom. The van der Waals surface area contributed by atoms with E-state index in [1.54, 1.807) is 12.1 Å². The van der Waals surface area contributed by atoms with Crippen LogP contribution in [0, 0.1) is 11.7 Å². The van der Waals surface area contributed by atoms with Gasteiger partial charge in [-0.1, -0.05) is 31.2 Å². The highest BCUT2D eigenvalue weighted by Gasteiger charge is 2.47. The quantitative estimate of drug-likeness (QED) is 0.263. The van der Waals surface area contributed by atoms with Crippen LogP contribution in [0.25, 0.3) is 0 Å². The molecule has 6 heteroatoms. The van der Waals surface area contributed by atoms with Gasteiger partial charge in [-0.25, -0.2) is 4.39 Å². The van der Waals surface area contributed by atoms with Gasteiger partial charge in [0.15, 0.2) is 11.0 Å². The average Bonchev–Trinajstić information content (AvgIpc) is 3.75. The molecule has 1 heterocycles. The molecule has 3 atom stereocenters. The molecule has 2 unspecified atom stereocenters. The second kappa shape index (κ2) is 9.65. The van der Waals surface area contributed by atoms with Gasteiger partial charge in [-0.2, -0.15) is 0 Å². The van der Waals surface area contributed by atoms with Crippen molar-refractivity contribution in [2.24, 2.45) is 5.92 Å². The van der Waals surface area contributed by atoms with Gasteiger partial charge in [0, 0.05) is 18.1 Å². The summed E-state index contributed by atoms with van der Waals surface area (Å²) in [6.07, 6.45) is 2.52. The van der Waals surface area contributed by atoms with E-state index in [4.69, 9.17) is 14.2 Å². The minimum atomic E-state index is -0.803. The lowest BCUT2D eigenvalue weighted by Gasteiger charge is -2.12. The van der Waals surface area contributed by atoms with E-state index in [0.717, 1.165) is 29.4 Å². The molecule has 2 fully saturated rings. The highest BCUT2D eigenvalue weighted by Crippen LogP contribution is 2.37. The Morgan fingerprint density at radius 3 is 2.33 bits per heavy atom. The van der Waals surface area contributed by atoms with Crippen LogP contribution in [0.3, 0.4) is 0 Å². The summed E-state index contributed by atoms with van der Waals surface area (Å²) in [4.78, 5) is 0. The molecule has 1 aliphatic heterocycles. The largest absolute Gasteiger partial charge is 0.616 e. The predicted molar refractivity (Wildman–Crippen MR) is 127 cm³/mol. The SMILES string of the molecule is CC(c1ccc(OCc2ccc(Oc3cccc(OCC4CC4)c3)cc2)cc1F)[C@@H]1C[S+]1[O-]. The maximum atomic E-state index is 14.5. The topological polar surface area (TPSA) is 50.8 Å². The number of benzene rings is 3. The Balaban J connectivity index is 1.14. The zero-order valence-corrected chi connectivity index (χ0v) is 19.4. The second-order valence-corrected chi connectivity index (χ2v) is 10.5. The number of halogens is 1. The van der Waals surface area contributed by atoms with Gasteiger partial charge in [0.2, 0.25) is 0 Å². The molecule has 2 aliphatic rings. The van der Waals surface area contributed by atoms with E-state index in [-0.39, 0.29) is 17.0 Å². The van der Waals surface area contributed by atoms with Crippen molar-refractivity contribution in [3.05, 3.63) is 83.7 Å². The number of hydrogen-bond donors (Lipinski definition) is 0. The molecule has 1 saturated heterocycles. The van der Waals surface area contributed by atoms with Gasteiger partial charge in [-0.3, -0.25) is 0 Å². The Bertz CT molecular complexity index is 1100. The smallest absolute Gasteiger partial charge is 0.166 e. The third kappa shape index (κ3) is 5.81. The van der Waals surface area contributed by atoms with Gasteiger partial charge in [0.1, 0.15) is 35.4 Å². The first-order valence-electron chi connectivity index (χ1n) is 11.3. The van der Waals surface area contributed by atoms with Gasteiger partial charge in [-0.15, -0.1) is 0 Å². The first kappa shape index (κ1) is 22.1. The van der Waals surface area contributed by atoms with Crippen molar-refractivity contribution in [2.75, 3.05) is 12.4 Å². The third-order valence-electron chi connectivity index (χ3n) is 6.12. The fraction of sp³-hybridized carbons (Fsp3) is 0.333. The van der Waals surface area contributed by atoms with Crippen LogP contribution in [0.15, 0.2) is 66.7 Å². The zero-order chi connectivity index (χ0) is 22.8. The molecule has 0 radical (unpaired) electrons. The van der Waals surface area contributed by atoms with E-state index in [1.807, 2.05) is 55.5 Å². The fourth-order valence-electron chi connectivity index (χ4n) is 3.74. The van der Waals surface area contributed by atoms with Crippen LogP contribution in [0.1, 0.15) is 36.8 Å². The van der Waals surface area contributed by atoms with E-state index in [0.29, 0.717) is 29.6 Å². The molecule has 3 aromatic rings. The van der Waals surface area contributed by atoms with Gasteiger partial charge < -0.3 is 18.8 Å². The molecule has 3 aromatic carbocycles. The van der Waals surface area contributed by atoms with Gasteiger partial charge in [-0.05, 0) is 71.4 Å². The number of hydrogen-bond acceptors (Lipinski definition) is 4. The molecule has 0 amide bonds. The van der Waals surface area contributed by atoms with Crippen LogP contribution in [-0.2, 0) is 17.8 Å². The Kier molecular flexibility index (Phi) is 6.47. The summed E-state index contributed by atoms with van der Waals surface area (Å²) in [5.74, 6) is 3.77. The summed E-state index contributed by atoms with van der Waals surface area (Å²) in [5, 5.41) is 0.0738. The lowest BCUT2D eigenvalue weighted by molar-refractivity contribution is 0.298. The van der Waals surface area contributed by atoms with Crippen LogP contribution in [-0.4, -0.2) is 22.2 Å². The molecule has 0 bridgehead atoms. The summed E-state index contributed by atoms with van der Waals surface area (Å²) in [6, 6.07) is 20.2. The zero-order valence-electron chi connectivity index (χ0n) is 18.5. The van der Waals surface area contributed by atoms with Crippen LogP contribution in [0.5, 0.6) is 23.0 Å². The average molecular weight is 467 g/mol. The van der Waals surface area contributed by atoms with Gasteiger partial charge in [0.25, 0.3) is 0 Å². The van der Waals surface area contributed by atoms with Crippen molar-refractivity contribution < 1.29 is 23.2 Å². The number of rotatable bonds is 10. The number of ether oxygens (including phenoxy) is 3. The highest BCUT2D eigenvalue weighted by molar-refractivity contribution is 7.99. The minimum absolute atomic E-state index is 0.0436. The molecule has 4 nitrogen and oxygen atoms in total. The van der Waals surface area contributed by atoms with Gasteiger partial charge >= 0.3 is 0 Å². The monoisotopic (exact) mass is 466 g/mol. The summed E-state index contributed by atoms with van der Waals surface area (Å²) in [5.41, 5.74) is 1.55. The Hall–Kier alpha value is -2.70. The van der Waals surface area contributed by atoms with Crippen molar-refractivity contribution in [1.29, 1.82) is 0 Å². The maximum absolute atomic E-state index is 14.5. The molecule has 1 saturated carbocycles. The predicted octanol–water partition coefficient (Wildman–Crippen LogP) is 6.22. The molecule has 1 aliphatic carbocycles. The van der Waals surface area contributed by atoms with E-state index in [1.165, 1.54) is 18.9 Å². The molecule has 0 spiro atoms. The van der Waals surface area contributed by atoms with E-state index in [9.17, 15) is 8.94 Å². The van der Waals surface area contributed by atoms with E-state index >= 15 is 0 Å². The minimum Gasteiger partial charge on any atom is -0.616 e. The summed E-state index contributed by atoms with van der Waals surface area (Å²) in [7, 11) is 0. The molecule has 5 rings (SSSR count). The van der Waals surface area contributed by atoms with Crippen molar-refractivity contribution in [2.45, 2.75) is 37.5 Å². The van der Waals surface area contributed by atoms with Crippen molar-refractivity contribution in [1.82, 2.24) is 0 Å². The third-order valence-corrected chi connectivity index (χ3v) is 7.63. The van der Waals surface area contributed by atoms with Crippen molar-refractivity contribution in [3.63, 3.8) is 0 Å². The first-order chi connectivity index (χ1) is 16.0. The summed E-state index contributed by atoms with van der Waals surface area (Å²) in [6.45, 7) is 3.02. The van der Waals surface area contributed by atoms with Crippen LogP contribution < -0.4 is 14.2 Å². The van der Waals surface area contributed by atoms with Crippen molar-refractivity contribution >= 4 is 11.2 Å².